The van der Waals surface area contributed by atoms with Crippen molar-refractivity contribution in [3.63, 3.8) is 0 Å². The molecule has 6 heteroatoms. The van der Waals surface area contributed by atoms with Gasteiger partial charge in [0, 0.05) is 11.1 Å². The summed E-state index contributed by atoms with van der Waals surface area (Å²) in [7, 11) is 0. The van der Waals surface area contributed by atoms with E-state index in [0.29, 0.717) is 5.02 Å². The van der Waals surface area contributed by atoms with Gasteiger partial charge in [-0.2, -0.15) is 0 Å². The second-order valence-corrected chi connectivity index (χ2v) is 4.57. The van der Waals surface area contributed by atoms with E-state index in [9.17, 15) is 4.79 Å². The molecule has 0 radical (unpaired) electrons. The molecule has 2 rings (SSSR count). The molecule has 0 unspecified atom stereocenters. The fourth-order valence-electron chi connectivity index (χ4n) is 1.17. The van der Waals surface area contributed by atoms with E-state index in [2.05, 4.69) is 9.97 Å². The Hall–Kier alpha value is -1.59. The fourth-order valence-corrected chi connectivity index (χ4v) is 2.21. The number of carbonyl (C=O) groups is 1. The molecule has 4 nitrogen and oxygen atoms in total. The summed E-state index contributed by atoms with van der Waals surface area (Å²) in [6.45, 7) is 0. The van der Waals surface area contributed by atoms with Crippen molar-refractivity contribution in [2.24, 2.45) is 0 Å². The number of carboxylic acids is 1. The first kappa shape index (κ1) is 11.9. The molecule has 86 valence electrons. The minimum atomic E-state index is -0.995. The highest BCUT2D eigenvalue weighted by Gasteiger charge is 2.08. The number of halogens is 1. The molecule has 17 heavy (non-hydrogen) atoms. The van der Waals surface area contributed by atoms with Gasteiger partial charge in [-0.25, -0.2) is 14.8 Å². The van der Waals surface area contributed by atoms with E-state index in [4.69, 9.17) is 16.7 Å². The maximum atomic E-state index is 10.7. The van der Waals surface area contributed by atoms with Crippen molar-refractivity contribution in [3.8, 4) is 0 Å². The van der Waals surface area contributed by atoms with E-state index in [1.165, 1.54) is 30.2 Å². The van der Waals surface area contributed by atoms with Crippen LogP contribution in [0.5, 0.6) is 0 Å². The van der Waals surface area contributed by atoms with Crippen LogP contribution in [-0.4, -0.2) is 21.0 Å². The third-order valence-corrected chi connectivity index (χ3v) is 3.40. The minimum Gasteiger partial charge on any atom is -0.478 e. The van der Waals surface area contributed by atoms with Crippen molar-refractivity contribution in [2.75, 3.05) is 0 Å². The predicted molar refractivity (Wildman–Crippen MR) is 64.6 cm³/mol. The molecule has 1 heterocycles. The third-order valence-electron chi connectivity index (χ3n) is 1.95. The summed E-state index contributed by atoms with van der Waals surface area (Å²) in [6.07, 6.45) is 3.08. The predicted octanol–water partition coefficient (Wildman–Crippen LogP) is 2.98. The number of hydrogen-bond acceptors (Lipinski definition) is 4. The van der Waals surface area contributed by atoms with Gasteiger partial charge in [-0.05, 0) is 24.3 Å². The van der Waals surface area contributed by atoms with Crippen LogP contribution in [0.3, 0.4) is 0 Å². The van der Waals surface area contributed by atoms with Gasteiger partial charge in [0.25, 0.3) is 0 Å². The van der Waals surface area contributed by atoms with Gasteiger partial charge in [0.1, 0.15) is 11.4 Å². The lowest BCUT2D eigenvalue weighted by Gasteiger charge is -2.03. The summed E-state index contributed by atoms with van der Waals surface area (Å²) in [4.78, 5) is 19.4. The molecular formula is C11H7ClN2O2S. The van der Waals surface area contributed by atoms with Crippen LogP contribution in [0.15, 0.2) is 46.7 Å². The number of benzene rings is 1. The number of nitrogens with zero attached hydrogens (tertiary/aromatic N) is 2. The molecule has 0 aliphatic heterocycles. The lowest BCUT2D eigenvalue weighted by molar-refractivity contribution is 0.0697. The molecule has 0 aliphatic carbocycles. The zero-order valence-electron chi connectivity index (χ0n) is 8.50. The molecule has 0 saturated carbocycles. The summed E-state index contributed by atoms with van der Waals surface area (Å²) >= 11 is 7.35. The second kappa shape index (κ2) is 5.16. The molecular weight excluding hydrogens is 260 g/mol. The zero-order chi connectivity index (χ0) is 12.3. The summed E-state index contributed by atoms with van der Waals surface area (Å²) in [6, 6.07) is 6.36. The van der Waals surface area contributed by atoms with E-state index in [0.717, 1.165) is 9.92 Å². The third kappa shape index (κ3) is 2.95. The Morgan fingerprint density at radius 3 is 2.76 bits per heavy atom. The average molecular weight is 267 g/mol. The standard InChI is InChI=1S/C11H7ClN2O2S/c12-8-5-7(11(15)16)1-2-9(8)17-10-3-4-13-6-14-10/h1-6H,(H,15,16). The van der Waals surface area contributed by atoms with Crippen LogP contribution >= 0.6 is 23.4 Å². The van der Waals surface area contributed by atoms with Crippen molar-refractivity contribution in [2.45, 2.75) is 9.92 Å². The Bertz CT molecular complexity index is 548. The lowest BCUT2D eigenvalue weighted by atomic mass is 10.2. The van der Waals surface area contributed by atoms with Crippen molar-refractivity contribution in [1.82, 2.24) is 9.97 Å². The summed E-state index contributed by atoms with van der Waals surface area (Å²) in [5.41, 5.74) is 0.169. The Kier molecular flexibility index (Phi) is 3.61. The van der Waals surface area contributed by atoms with Gasteiger partial charge in [-0.3, -0.25) is 0 Å². The van der Waals surface area contributed by atoms with Crippen LogP contribution in [0, 0.1) is 0 Å². The molecule has 1 aromatic heterocycles. The van der Waals surface area contributed by atoms with Gasteiger partial charge in [0.2, 0.25) is 0 Å². The normalized spacial score (nSPS) is 10.2. The fraction of sp³-hybridized carbons (Fsp3) is 0. The monoisotopic (exact) mass is 266 g/mol. The topological polar surface area (TPSA) is 63.1 Å². The zero-order valence-corrected chi connectivity index (χ0v) is 10.1. The van der Waals surface area contributed by atoms with Gasteiger partial charge >= 0.3 is 5.97 Å². The highest BCUT2D eigenvalue weighted by molar-refractivity contribution is 7.99. The van der Waals surface area contributed by atoms with Gasteiger partial charge < -0.3 is 5.11 Å². The number of aromatic nitrogens is 2. The van der Waals surface area contributed by atoms with Crippen LogP contribution in [0.4, 0.5) is 0 Å². The van der Waals surface area contributed by atoms with Gasteiger partial charge in [0.15, 0.2) is 0 Å². The first-order valence-electron chi connectivity index (χ1n) is 4.63. The van der Waals surface area contributed by atoms with E-state index in [1.807, 2.05) is 0 Å². The van der Waals surface area contributed by atoms with Crippen LogP contribution in [-0.2, 0) is 0 Å². The van der Waals surface area contributed by atoms with Gasteiger partial charge in [0.05, 0.1) is 10.6 Å². The molecule has 0 atom stereocenters. The molecule has 1 N–H and O–H groups in total. The van der Waals surface area contributed by atoms with Gasteiger partial charge in [-0.1, -0.05) is 23.4 Å². The Morgan fingerprint density at radius 1 is 1.35 bits per heavy atom. The number of hydrogen-bond donors (Lipinski definition) is 1. The quantitative estimate of drug-likeness (QED) is 0.866. The Morgan fingerprint density at radius 2 is 2.18 bits per heavy atom. The van der Waals surface area contributed by atoms with Crippen molar-refractivity contribution in [3.05, 3.63) is 47.4 Å². The summed E-state index contributed by atoms with van der Waals surface area (Å²) in [5, 5.41) is 9.96. The van der Waals surface area contributed by atoms with E-state index < -0.39 is 5.97 Å². The first-order valence-corrected chi connectivity index (χ1v) is 5.83. The largest absolute Gasteiger partial charge is 0.478 e. The van der Waals surface area contributed by atoms with Crippen molar-refractivity contribution in [1.29, 1.82) is 0 Å². The number of rotatable bonds is 3. The smallest absolute Gasteiger partial charge is 0.335 e. The second-order valence-electron chi connectivity index (χ2n) is 3.10. The average Bonchev–Trinajstić information content (AvgIpc) is 2.33. The number of aromatic carboxylic acids is 1. The van der Waals surface area contributed by atoms with Crippen LogP contribution < -0.4 is 0 Å². The maximum absolute atomic E-state index is 10.7. The Balaban J connectivity index is 2.26. The molecule has 0 spiro atoms. The van der Waals surface area contributed by atoms with Gasteiger partial charge in [-0.15, -0.1) is 0 Å². The van der Waals surface area contributed by atoms with Crippen LogP contribution in [0.25, 0.3) is 0 Å². The highest BCUT2D eigenvalue weighted by Crippen LogP contribution is 2.32. The van der Waals surface area contributed by atoms with E-state index >= 15 is 0 Å². The van der Waals surface area contributed by atoms with Crippen molar-refractivity contribution >= 4 is 29.3 Å². The Labute approximate surface area is 107 Å². The maximum Gasteiger partial charge on any atom is 0.335 e. The lowest BCUT2D eigenvalue weighted by Crippen LogP contribution is -1.95. The first-order chi connectivity index (χ1) is 8.16. The molecule has 0 saturated heterocycles. The SMILES string of the molecule is O=C(O)c1ccc(Sc2ccncn2)c(Cl)c1. The molecule has 2 aromatic rings. The van der Waals surface area contributed by atoms with Crippen molar-refractivity contribution < 1.29 is 9.90 Å². The molecule has 0 amide bonds. The highest BCUT2D eigenvalue weighted by atomic mass is 35.5. The summed E-state index contributed by atoms with van der Waals surface area (Å²) in [5.74, 6) is -0.995. The molecule has 0 aliphatic rings. The molecule has 0 fully saturated rings. The minimum absolute atomic E-state index is 0.169. The van der Waals surface area contributed by atoms with E-state index in [1.54, 1.807) is 18.3 Å². The van der Waals surface area contributed by atoms with Crippen LogP contribution in [0.1, 0.15) is 10.4 Å². The molecule has 0 bridgehead atoms. The number of carboxylic acid groups (broad SMARTS) is 1. The molecule has 1 aromatic carbocycles. The van der Waals surface area contributed by atoms with Crippen LogP contribution in [0.2, 0.25) is 5.02 Å². The van der Waals surface area contributed by atoms with E-state index in [-0.39, 0.29) is 5.56 Å². The summed E-state index contributed by atoms with van der Waals surface area (Å²) < 4.78 is 0.